The van der Waals surface area contributed by atoms with Crippen molar-refractivity contribution in [3.05, 3.63) is 65.2 Å². The van der Waals surface area contributed by atoms with Gasteiger partial charge in [-0.3, -0.25) is 4.90 Å². The minimum Gasteiger partial charge on any atom is -0.399 e. The molecule has 2 N–H and O–H groups in total. The number of nitrogens with two attached hydrogens (primary N) is 1. The maximum atomic E-state index is 6.08. The second-order valence-corrected chi connectivity index (χ2v) is 6.20. The van der Waals surface area contributed by atoms with Crippen molar-refractivity contribution in [1.29, 1.82) is 0 Å². The van der Waals surface area contributed by atoms with E-state index in [2.05, 4.69) is 55.1 Å². The Labute approximate surface area is 144 Å². The molecule has 0 spiro atoms. The van der Waals surface area contributed by atoms with E-state index in [1.807, 2.05) is 12.1 Å². The van der Waals surface area contributed by atoms with Crippen LogP contribution in [-0.4, -0.2) is 24.1 Å². The molecule has 0 amide bonds. The summed E-state index contributed by atoms with van der Waals surface area (Å²) in [5.41, 5.74) is 10.6. The summed E-state index contributed by atoms with van der Waals surface area (Å²) in [4.78, 5) is 2.48. The minimum atomic E-state index is 0. The highest BCUT2D eigenvalue weighted by Crippen LogP contribution is 2.28. The molecule has 23 heavy (non-hydrogen) atoms. The summed E-state index contributed by atoms with van der Waals surface area (Å²) in [6.45, 7) is 6.97. The normalized spacial score (nSPS) is 21.7. The van der Waals surface area contributed by atoms with Crippen molar-refractivity contribution in [2.24, 2.45) is 0 Å². The van der Waals surface area contributed by atoms with Crippen LogP contribution in [-0.2, 0) is 11.3 Å². The maximum absolute atomic E-state index is 6.08. The van der Waals surface area contributed by atoms with Crippen LogP contribution < -0.4 is 5.73 Å². The molecule has 124 valence electrons. The first-order valence-corrected chi connectivity index (χ1v) is 7.89. The first-order valence-electron chi connectivity index (χ1n) is 7.89. The van der Waals surface area contributed by atoms with E-state index < -0.39 is 0 Å². The molecule has 0 saturated carbocycles. The molecule has 3 rings (SSSR count). The van der Waals surface area contributed by atoms with Crippen molar-refractivity contribution in [3.63, 3.8) is 0 Å². The van der Waals surface area contributed by atoms with E-state index in [1.54, 1.807) is 0 Å². The van der Waals surface area contributed by atoms with E-state index in [1.165, 1.54) is 16.7 Å². The molecular formula is C19H25ClN2O. The lowest BCUT2D eigenvalue weighted by molar-refractivity contribution is -0.0635. The number of hydrogen-bond donors (Lipinski definition) is 1. The largest absolute Gasteiger partial charge is 0.399 e. The number of anilines is 1. The molecule has 0 bridgehead atoms. The van der Waals surface area contributed by atoms with Gasteiger partial charge in [0.2, 0.25) is 0 Å². The third-order valence-corrected chi connectivity index (χ3v) is 4.43. The SMILES string of the molecule is Cc1ccccc1C1CN(Cc2cccc(N)c2)C(C)CO1.Cl. The van der Waals surface area contributed by atoms with Gasteiger partial charge in [-0.1, -0.05) is 36.4 Å². The molecule has 4 heteroatoms. The molecule has 2 aromatic rings. The fraction of sp³-hybridized carbons (Fsp3) is 0.368. The lowest BCUT2D eigenvalue weighted by Gasteiger charge is -2.38. The van der Waals surface area contributed by atoms with Crippen LogP contribution in [0.2, 0.25) is 0 Å². The summed E-state index contributed by atoms with van der Waals surface area (Å²) in [6, 6.07) is 17.1. The van der Waals surface area contributed by atoms with Crippen LogP contribution in [0.3, 0.4) is 0 Å². The Morgan fingerprint density at radius 1 is 1.17 bits per heavy atom. The molecule has 1 fully saturated rings. The summed E-state index contributed by atoms with van der Waals surface area (Å²) in [5, 5.41) is 0. The van der Waals surface area contributed by atoms with E-state index in [0.717, 1.165) is 25.4 Å². The molecular weight excluding hydrogens is 308 g/mol. The average molecular weight is 333 g/mol. The van der Waals surface area contributed by atoms with Crippen LogP contribution in [0.5, 0.6) is 0 Å². The maximum Gasteiger partial charge on any atom is 0.0955 e. The highest BCUT2D eigenvalue weighted by atomic mass is 35.5. The number of aryl methyl sites for hydroxylation is 1. The Balaban J connectivity index is 0.00000192. The molecule has 1 saturated heterocycles. The van der Waals surface area contributed by atoms with Crippen LogP contribution in [0.15, 0.2) is 48.5 Å². The zero-order valence-electron chi connectivity index (χ0n) is 13.7. The van der Waals surface area contributed by atoms with E-state index in [0.29, 0.717) is 6.04 Å². The summed E-state index contributed by atoms with van der Waals surface area (Å²) >= 11 is 0. The summed E-state index contributed by atoms with van der Waals surface area (Å²) in [5.74, 6) is 0. The quantitative estimate of drug-likeness (QED) is 0.865. The van der Waals surface area contributed by atoms with Crippen LogP contribution in [0.25, 0.3) is 0 Å². The predicted molar refractivity (Wildman–Crippen MR) is 97.8 cm³/mol. The van der Waals surface area contributed by atoms with Crippen molar-refractivity contribution in [2.75, 3.05) is 18.9 Å². The molecule has 3 nitrogen and oxygen atoms in total. The Bertz CT molecular complexity index is 647. The fourth-order valence-corrected chi connectivity index (χ4v) is 3.09. The van der Waals surface area contributed by atoms with Crippen molar-refractivity contribution in [1.82, 2.24) is 4.90 Å². The Kier molecular flexibility index (Phi) is 6.05. The number of ether oxygens (including phenoxy) is 1. The van der Waals surface area contributed by atoms with Gasteiger partial charge < -0.3 is 10.5 Å². The number of nitrogens with zero attached hydrogens (tertiary/aromatic N) is 1. The molecule has 1 aliphatic heterocycles. The predicted octanol–water partition coefficient (Wildman–Crippen LogP) is 3.96. The van der Waals surface area contributed by atoms with Gasteiger partial charge in [-0.2, -0.15) is 0 Å². The van der Waals surface area contributed by atoms with Gasteiger partial charge in [0, 0.05) is 24.8 Å². The number of nitrogen functional groups attached to an aromatic ring is 1. The molecule has 1 heterocycles. The second-order valence-electron chi connectivity index (χ2n) is 6.20. The van der Waals surface area contributed by atoms with Crippen molar-refractivity contribution >= 4 is 18.1 Å². The average Bonchev–Trinajstić information content (AvgIpc) is 2.50. The first kappa shape index (κ1) is 17.8. The summed E-state index contributed by atoms with van der Waals surface area (Å²) in [7, 11) is 0. The molecule has 2 aromatic carbocycles. The smallest absolute Gasteiger partial charge is 0.0955 e. The molecule has 2 atom stereocenters. The standard InChI is InChI=1S/C19H24N2O.ClH/c1-14-6-3-4-9-18(14)19-12-21(15(2)13-22-19)11-16-7-5-8-17(20)10-16;/h3-10,15,19H,11-13,20H2,1-2H3;1H. The van der Waals surface area contributed by atoms with Crippen LogP contribution in [0.4, 0.5) is 5.69 Å². The Morgan fingerprint density at radius 3 is 2.70 bits per heavy atom. The van der Waals surface area contributed by atoms with E-state index in [4.69, 9.17) is 10.5 Å². The Morgan fingerprint density at radius 2 is 1.96 bits per heavy atom. The van der Waals surface area contributed by atoms with Gasteiger partial charge in [0.05, 0.1) is 12.7 Å². The third-order valence-electron chi connectivity index (χ3n) is 4.43. The fourth-order valence-electron chi connectivity index (χ4n) is 3.09. The van der Waals surface area contributed by atoms with E-state index in [-0.39, 0.29) is 18.5 Å². The van der Waals surface area contributed by atoms with E-state index in [9.17, 15) is 0 Å². The van der Waals surface area contributed by atoms with Gasteiger partial charge in [0.25, 0.3) is 0 Å². The lowest BCUT2D eigenvalue weighted by Crippen LogP contribution is -2.44. The monoisotopic (exact) mass is 332 g/mol. The molecule has 0 aliphatic carbocycles. The number of halogens is 1. The molecule has 1 aliphatic rings. The third kappa shape index (κ3) is 4.25. The van der Waals surface area contributed by atoms with E-state index >= 15 is 0 Å². The topological polar surface area (TPSA) is 38.5 Å². The van der Waals surface area contributed by atoms with Crippen molar-refractivity contribution in [3.8, 4) is 0 Å². The second kappa shape index (κ2) is 7.82. The van der Waals surface area contributed by atoms with Gasteiger partial charge >= 0.3 is 0 Å². The summed E-state index contributed by atoms with van der Waals surface area (Å²) < 4.78 is 6.08. The summed E-state index contributed by atoms with van der Waals surface area (Å²) in [6.07, 6.45) is 0.151. The number of hydrogen-bond acceptors (Lipinski definition) is 3. The minimum absolute atomic E-state index is 0. The first-order chi connectivity index (χ1) is 10.6. The van der Waals surface area contributed by atoms with Gasteiger partial charge in [0.15, 0.2) is 0 Å². The zero-order chi connectivity index (χ0) is 15.5. The highest BCUT2D eigenvalue weighted by molar-refractivity contribution is 5.85. The van der Waals surface area contributed by atoms with Crippen LogP contribution >= 0.6 is 12.4 Å². The number of benzene rings is 2. The van der Waals surface area contributed by atoms with Gasteiger partial charge in [-0.25, -0.2) is 0 Å². The number of morpholine rings is 1. The van der Waals surface area contributed by atoms with Gasteiger partial charge in [0.1, 0.15) is 0 Å². The molecule has 0 aromatic heterocycles. The molecule has 0 radical (unpaired) electrons. The van der Waals surface area contributed by atoms with Gasteiger partial charge in [-0.05, 0) is 42.7 Å². The Hall–Kier alpha value is -1.55. The highest BCUT2D eigenvalue weighted by Gasteiger charge is 2.27. The molecule has 2 unspecified atom stereocenters. The lowest BCUT2D eigenvalue weighted by atomic mass is 10.0. The van der Waals surface area contributed by atoms with Gasteiger partial charge in [-0.15, -0.1) is 12.4 Å². The van der Waals surface area contributed by atoms with Crippen LogP contribution in [0, 0.1) is 6.92 Å². The zero-order valence-corrected chi connectivity index (χ0v) is 14.6. The van der Waals surface area contributed by atoms with Crippen molar-refractivity contribution < 1.29 is 4.74 Å². The van der Waals surface area contributed by atoms with Crippen LogP contribution in [0.1, 0.15) is 29.7 Å². The van der Waals surface area contributed by atoms with Crippen molar-refractivity contribution in [2.45, 2.75) is 32.5 Å². The number of rotatable bonds is 3.